The molecule has 128 valence electrons. The zero-order chi connectivity index (χ0) is 17.5. The van der Waals surface area contributed by atoms with E-state index < -0.39 is 0 Å². The maximum Gasteiger partial charge on any atom is 0.257 e. The number of ether oxygens (including phenoxy) is 3. The molecule has 0 saturated heterocycles. The van der Waals surface area contributed by atoms with Gasteiger partial charge < -0.3 is 19.5 Å². The van der Waals surface area contributed by atoms with Gasteiger partial charge in [-0.1, -0.05) is 6.92 Å². The summed E-state index contributed by atoms with van der Waals surface area (Å²) in [7, 11) is 3.05. The molecule has 0 bridgehead atoms. The summed E-state index contributed by atoms with van der Waals surface area (Å²) < 4.78 is 16.8. The number of pyridine rings is 1. The third kappa shape index (κ3) is 4.17. The fourth-order valence-electron chi connectivity index (χ4n) is 2.02. The highest BCUT2D eigenvalue weighted by atomic mass is 79.9. The normalized spacial score (nSPS) is 10.2. The van der Waals surface area contributed by atoms with Crippen LogP contribution in [0.4, 0.5) is 5.82 Å². The van der Waals surface area contributed by atoms with Gasteiger partial charge in [0.05, 0.1) is 25.3 Å². The van der Waals surface area contributed by atoms with Crippen molar-refractivity contribution in [2.24, 2.45) is 0 Å². The Balaban J connectivity index is 2.28. The molecule has 2 rings (SSSR count). The van der Waals surface area contributed by atoms with Gasteiger partial charge in [-0.15, -0.1) is 0 Å². The van der Waals surface area contributed by atoms with Crippen LogP contribution in [0.2, 0.25) is 0 Å². The van der Waals surface area contributed by atoms with Crippen LogP contribution in [0.15, 0.2) is 34.9 Å². The van der Waals surface area contributed by atoms with Gasteiger partial charge in [0.15, 0.2) is 23.1 Å². The van der Waals surface area contributed by atoms with Crippen LogP contribution in [0.1, 0.15) is 23.7 Å². The van der Waals surface area contributed by atoms with Gasteiger partial charge >= 0.3 is 0 Å². The van der Waals surface area contributed by atoms with E-state index in [0.29, 0.717) is 39.7 Å². The first-order chi connectivity index (χ1) is 11.6. The zero-order valence-corrected chi connectivity index (χ0v) is 15.3. The number of halogens is 1. The third-order valence-corrected chi connectivity index (χ3v) is 3.75. The first-order valence-electron chi connectivity index (χ1n) is 7.41. The molecule has 1 aromatic heterocycles. The molecule has 1 N–H and O–H groups in total. The summed E-state index contributed by atoms with van der Waals surface area (Å²) in [5.41, 5.74) is 0.412. The molecule has 0 fully saturated rings. The lowest BCUT2D eigenvalue weighted by molar-refractivity contribution is 0.102. The number of nitrogens with one attached hydrogen (secondary N) is 1. The van der Waals surface area contributed by atoms with Gasteiger partial charge in [-0.3, -0.25) is 4.79 Å². The number of amides is 1. The minimum absolute atomic E-state index is 0.326. The van der Waals surface area contributed by atoms with Crippen LogP contribution < -0.4 is 19.5 Å². The average Bonchev–Trinajstić information content (AvgIpc) is 2.60. The van der Waals surface area contributed by atoms with Crippen molar-refractivity contribution in [1.29, 1.82) is 0 Å². The molecule has 2 aromatic rings. The molecule has 0 aliphatic heterocycles. The number of rotatable bonds is 7. The van der Waals surface area contributed by atoms with Crippen molar-refractivity contribution in [3.05, 3.63) is 40.5 Å². The van der Waals surface area contributed by atoms with Gasteiger partial charge in [-0.25, -0.2) is 4.98 Å². The summed E-state index contributed by atoms with van der Waals surface area (Å²) in [5, 5.41) is 2.73. The van der Waals surface area contributed by atoms with Crippen LogP contribution in [-0.4, -0.2) is 31.7 Å². The average molecular weight is 395 g/mol. The molecule has 0 spiro atoms. The van der Waals surface area contributed by atoms with Crippen LogP contribution in [0.25, 0.3) is 0 Å². The molecule has 1 aromatic carbocycles. The third-order valence-electron chi connectivity index (χ3n) is 3.16. The van der Waals surface area contributed by atoms with Gasteiger partial charge in [0.25, 0.3) is 5.91 Å². The van der Waals surface area contributed by atoms with E-state index in [0.717, 1.165) is 6.42 Å². The Kier molecular flexibility index (Phi) is 6.43. The number of benzene rings is 1. The molecule has 1 amide bonds. The van der Waals surface area contributed by atoms with E-state index in [1.165, 1.54) is 14.2 Å². The van der Waals surface area contributed by atoms with Crippen molar-refractivity contribution < 1.29 is 19.0 Å². The second-order valence-electron chi connectivity index (χ2n) is 4.85. The molecule has 1 heterocycles. The van der Waals surface area contributed by atoms with Crippen molar-refractivity contribution in [3.63, 3.8) is 0 Å². The van der Waals surface area contributed by atoms with Gasteiger partial charge in [0.2, 0.25) is 0 Å². The van der Waals surface area contributed by atoms with Crippen LogP contribution in [0, 0.1) is 0 Å². The van der Waals surface area contributed by atoms with Crippen molar-refractivity contribution in [3.8, 4) is 17.2 Å². The van der Waals surface area contributed by atoms with E-state index in [-0.39, 0.29) is 5.91 Å². The number of carbonyl (C=O) groups excluding carboxylic acids is 1. The number of nitrogens with zero attached hydrogens (tertiary/aromatic N) is 1. The monoisotopic (exact) mass is 394 g/mol. The van der Waals surface area contributed by atoms with Gasteiger partial charge in [-0.2, -0.15) is 0 Å². The van der Waals surface area contributed by atoms with E-state index in [2.05, 4.69) is 26.2 Å². The highest BCUT2D eigenvalue weighted by Crippen LogP contribution is 2.37. The van der Waals surface area contributed by atoms with E-state index in [1.807, 2.05) is 6.92 Å². The number of hydrogen-bond donors (Lipinski definition) is 1. The van der Waals surface area contributed by atoms with E-state index in [1.54, 1.807) is 30.5 Å². The molecule has 0 atom stereocenters. The minimum atomic E-state index is -0.326. The maximum atomic E-state index is 12.5. The second-order valence-corrected chi connectivity index (χ2v) is 5.70. The minimum Gasteiger partial charge on any atom is -0.493 e. The lowest BCUT2D eigenvalue weighted by atomic mass is 10.2. The Labute approximate surface area is 149 Å². The van der Waals surface area contributed by atoms with Crippen molar-refractivity contribution in [1.82, 2.24) is 4.98 Å². The van der Waals surface area contributed by atoms with Crippen LogP contribution in [0.5, 0.6) is 17.2 Å². The van der Waals surface area contributed by atoms with Crippen molar-refractivity contribution in [2.75, 3.05) is 26.1 Å². The second kappa shape index (κ2) is 8.54. The van der Waals surface area contributed by atoms with Gasteiger partial charge in [0, 0.05) is 11.8 Å². The Hall–Kier alpha value is -2.28. The number of anilines is 1. The van der Waals surface area contributed by atoms with E-state index in [9.17, 15) is 4.79 Å². The Morgan fingerprint density at radius 1 is 1.25 bits per heavy atom. The largest absolute Gasteiger partial charge is 0.493 e. The fraction of sp³-hybridized carbons (Fsp3) is 0.294. The highest BCUT2D eigenvalue weighted by Gasteiger charge is 2.17. The molecule has 0 unspecified atom stereocenters. The summed E-state index contributed by atoms with van der Waals surface area (Å²) in [5.74, 6) is 1.57. The smallest absolute Gasteiger partial charge is 0.257 e. The first-order valence-corrected chi connectivity index (χ1v) is 8.20. The topological polar surface area (TPSA) is 69.7 Å². The predicted molar refractivity (Wildman–Crippen MR) is 95.2 cm³/mol. The first kappa shape index (κ1) is 18.1. The van der Waals surface area contributed by atoms with Gasteiger partial charge in [-0.05, 0) is 46.6 Å². The standard InChI is InChI=1S/C17H19BrN2O4/c1-4-8-24-15-12(18)9-11(10-14(15)23-3)17(21)20-16-13(22-2)6-5-7-19-16/h5-7,9-10H,4,8H2,1-3H3,(H,19,20,21). The molecule has 6 nitrogen and oxygen atoms in total. The summed E-state index contributed by atoms with van der Waals surface area (Å²) in [6.07, 6.45) is 2.45. The molecule has 0 radical (unpaired) electrons. The number of methoxy groups -OCH3 is 2. The van der Waals surface area contributed by atoms with Crippen LogP contribution in [0.3, 0.4) is 0 Å². The number of carbonyl (C=O) groups is 1. The lowest BCUT2D eigenvalue weighted by Crippen LogP contribution is -2.14. The molecule has 0 aliphatic carbocycles. The Morgan fingerprint density at radius 3 is 2.67 bits per heavy atom. The van der Waals surface area contributed by atoms with Crippen molar-refractivity contribution in [2.45, 2.75) is 13.3 Å². The zero-order valence-electron chi connectivity index (χ0n) is 13.8. The summed E-state index contributed by atoms with van der Waals surface area (Å²) in [6.45, 7) is 2.58. The highest BCUT2D eigenvalue weighted by molar-refractivity contribution is 9.10. The molecular weight excluding hydrogens is 376 g/mol. The number of hydrogen-bond acceptors (Lipinski definition) is 5. The fourth-order valence-corrected chi connectivity index (χ4v) is 2.58. The maximum absolute atomic E-state index is 12.5. The summed E-state index contributed by atoms with van der Waals surface area (Å²) in [4.78, 5) is 16.6. The number of aromatic nitrogens is 1. The van der Waals surface area contributed by atoms with Gasteiger partial charge in [0.1, 0.15) is 0 Å². The SMILES string of the molecule is CCCOc1c(Br)cc(C(=O)Nc2ncccc2OC)cc1OC. The van der Waals surface area contributed by atoms with Crippen molar-refractivity contribution >= 4 is 27.7 Å². The molecule has 0 saturated carbocycles. The summed E-state index contributed by atoms with van der Waals surface area (Å²) in [6, 6.07) is 6.76. The molecule has 24 heavy (non-hydrogen) atoms. The quantitative estimate of drug-likeness (QED) is 0.770. The predicted octanol–water partition coefficient (Wildman–Crippen LogP) is 3.90. The molecule has 7 heteroatoms. The van der Waals surface area contributed by atoms with E-state index in [4.69, 9.17) is 14.2 Å². The summed E-state index contributed by atoms with van der Waals surface area (Å²) >= 11 is 3.43. The molecule has 0 aliphatic rings. The van der Waals surface area contributed by atoms with Crippen LogP contribution >= 0.6 is 15.9 Å². The van der Waals surface area contributed by atoms with E-state index >= 15 is 0 Å². The van der Waals surface area contributed by atoms with Crippen LogP contribution in [-0.2, 0) is 0 Å². The Morgan fingerprint density at radius 2 is 2.00 bits per heavy atom. The lowest BCUT2D eigenvalue weighted by Gasteiger charge is -2.14. The Bertz CT molecular complexity index is 722. The molecular formula is C17H19BrN2O4.